The maximum atomic E-state index is 12.8. The first-order valence-corrected chi connectivity index (χ1v) is 11.4. The van der Waals surface area contributed by atoms with E-state index in [9.17, 15) is 16.8 Å². The van der Waals surface area contributed by atoms with Gasteiger partial charge in [0.2, 0.25) is 15.0 Å². The van der Waals surface area contributed by atoms with Crippen molar-refractivity contribution in [1.82, 2.24) is 9.55 Å². The Morgan fingerprint density at radius 1 is 1.04 bits per heavy atom. The molecule has 2 aromatic carbocycles. The molecule has 0 aliphatic heterocycles. The molecule has 3 rings (SSSR count). The van der Waals surface area contributed by atoms with E-state index in [1.807, 2.05) is 0 Å². The van der Waals surface area contributed by atoms with Crippen LogP contribution in [0.2, 0.25) is 5.02 Å². The molecule has 0 saturated carbocycles. The van der Waals surface area contributed by atoms with Gasteiger partial charge in [0.05, 0.1) is 10.6 Å². The van der Waals surface area contributed by atoms with Crippen molar-refractivity contribution in [2.75, 3.05) is 6.26 Å². The Balaban J connectivity index is 1.94. The van der Waals surface area contributed by atoms with Gasteiger partial charge >= 0.3 is 0 Å². The number of imidazole rings is 1. The summed E-state index contributed by atoms with van der Waals surface area (Å²) in [5.74, 6) is -0.297. The number of rotatable bonds is 5. The number of halogens is 1. The molecule has 0 N–H and O–H groups in total. The molecule has 6 nitrogen and oxygen atoms in total. The maximum absolute atomic E-state index is 12.8. The molecule has 0 aliphatic carbocycles. The lowest BCUT2D eigenvalue weighted by Gasteiger charge is -2.09. The molecule has 136 valence electrons. The van der Waals surface area contributed by atoms with Crippen molar-refractivity contribution in [3.63, 3.8) is 0 Å². The first kappa shape index (κ1) is 18.6. The molecule has 0 bridgehead atoms. The van der Waals surface area contributed by atoms with E-state index in [-0.39, 0.29) is 15.8 Å². The summed E-state index contributed by atoms with van der Waals surface area (Å²) in [7, 11) is -7.08. The van der Waals surface area contributed by atoms with Gasteiger partial charge in [-0.15, -0.1) is 0 Å². The minimum Gasteiger partial charge on any atom is -0.291 e. The highest BCUT2D eigenvalue weighted by Crippen LogP contribution is 2.22. The fourth-order valence-corrected chi connectivity index (χ4v) is 4.72. The first-order chi connectivity index (χ1) is 12.2. The van der Waals surface area contributed by atoms with E-state index in [1.165, 1.54) is 35.0 Å². The average molecular weight is 411 g/mol. The molecule has 26 heavy (non-hydrogen) atoms. The van der Waals surface area contributed by atoms with Gasteiger partial charge in [0, 0.05) is 29.4 Å². The second kappa shape index (κ2) is 6.86. The molecule has 9 heteroatoms. The van der Waals surface area contributed by atoms with E-state index in [2.05, 4.69) is 4.98 Å². The Bertz CT molecular complexity index is 1150. The minimum absolute atomic E-state index is 0.105. The summed E-state index contributed by atoms with van der Waals surface area (Å²) in [5, 5.41) is 0.378. The van der Waals surface area contributed by atoms with Crippen LogP contribution in [0.1, 0.15) is 5.56 Å². The summed E-state index contributed by atoms with van der Waals surface area (Å²) in [6.45, 7) is 0. The zero-order valence-corrected chi connectivity index (χ0v) is 16.1. The molecule has 1 aromatic heterocycles. The largest absolute Gasteiger partial charge is 0.291 e. The summed E-state index contributed by atoms with van der Waals surface area (Å²) < 4.78 is 50.0. The molecule has 0 radical (unpaired) electrons. The lowest BCUT2D eigenvalue weighted by Crippen LogP contribution is -2.12. The highest BCUT2D eigenvalue weighted by atomic mass is 35.5. The van der Waals surface area contributed by atoms with E-state index in [4.69, 9.17) is 11.6 Å². The Labute approximate surface area is 156 Å². The van der Waals surface area contributed by atoms with Crippen molar-refractivity contribution in [2.24, 2.45) is 0 Å². The van der Waals surface area contributed by atoms with Crippen molar-refractivity contribution < 1.29 is 16.8 Å². The smallest absolute Gasteiger partial charge is 0.232 e. The standard InChI is InChI=1S/C17H15ClN2O4S2/c1-25(21,22)16-7-5-13(6-8-16)12-26(23,24)17-19-9-10-20(17)15-4-2-3-14(18)11-15/h2-11H,12H2,1H3. The average Bonchev–Trinajstić information content (AvgIpc) is 3.05. The van der Waals surface area contributed by atoms with Crippen molar-refractivity contribution in [2.45, 2.75) is 15.8 Å². The summed E-state index contributed by atoms with van der Waals surface area (Å²) in [4.78, 5) is 4.12. The van der Waals surface area contributed by atoms with Crippen molar-refractivity contribution >= 4 is 31.3 Å². The summed E-state index contributed by atoms with van der Waals surface area (Å²) in [6, 6.07) is 12.5. The Kier molecular flexibility index (Phi) is 4.92. The SMILES string of the molecule is CS(=O)(=O)c1ccc(CS(=O)(=O)c2nccn2-c2cccc(Cl)c2)cc1. The molecule has 0 spiro atoms. The second-order valence-electron chi connectivity index (χ2n) is 5.73. The predicted molar refractivity (Wildman–Crippen MR) is 99.0 cm³/mol. The molecular formula is C17H15ClN2O4S2. The van der Waals surface area contributed by atoms with Crippen LogP contribution in [0.25, 0.3) is 5.69 Å². The number of sulfone groups is 2. The van der Waals surface area contributed by atoms with Crippen LogP contribution in [0.3, 0.4) is 0 Å². The lowest BCUT2D eigenvalue weighted by atomic mass is 10.2. The summed E-state index contributed by atoms with van der Waals surface area (Å²) in [6.07, 6.45) is 4.05. The van der Waals surface area contributed by atoms with Gasteiger partial charge in [-0.25, -0.2) is 21.8 Å². The highest BCUT2D eigenvalue weighted by molar-refractivity contribution is 7.91. The van der Waals surface area contributed by atoms with Crippen LogP contribution in [0.5, 0.6) is 0 Å². The quantitative estimate of drug-likeness (QED) is 0.645. The number of hydrogen-bond donors (Lipinski definition) is 0. The van der Waals surface area contributed by atoms with Crippen LogP contribution in [-0.4, -0.2) is 32.6 Å². The van der Waals surface area contributed by atoms with Gasteiger partial charge in [-0.1, -0.05) is 29.8 Å². The number of nitrogens with zero attached hydrogens (tertiary/aromatic N) is 2. The molecule has 0 amide bonds. The third-order valence-corrected chi connectivity index (χ3v) is 6.61. The predicted octanol–water partition coefficient (Wildman–Crippen LogP) is 2.90. The second-order valence-corrected chi connectivity index (χ2v) is 10.1. The van der Waals surface area contributed by atoms with E-state index in [0.717, 1.165) is 6.26 Å². The van der Waals surface area contributed by atoms with Gasteiger partial charge in [0.1, 0.15) is 0 Å². The van der Waals surface area contributed by atoms with E-state index in [0.29, 0.717) is 16.3 Å². The fourth-order valence-electron chi connectivity index (χ4n) is 2.46. The Morgan fingerprint density at radius 2 is 1.73 bits per heavy atom. The van der Waals surface area contributed by atoms with E-state index < -0.39 is 19.7 Å². The van der Waals surface area contributed by atoms with Gasteiger partial charge in [-0.2, -0.15) is 0 Å². The Morgan fingerprint density at radius 3 is 2.35 bits per heavy atom. The van der Waals surface area contributed by atoms with Crippen molar-refractivity contribution in [3.8, 4) is 5.69 Å². The molecular weight excluding hydrogens is 396 g/mol. The van der Waals surface area contributed by atoms with Crippen LogP contribution < -0.4 is 0 Å². The van der Waals surface area contributed by atoms with Crippen LogP contribution in [0.4, 0.5) is 0 Å². The van der Waals surface area contributed by atoms with Crippen LogP contribution >= 0.6 is 11.6 Å². The summed E-state index contributed by atoms with van der Waals surface area (Å²) >= 11 is 5.98. The topological polar surface area (TPSA) is 86.1 Å². The maximum Gasteiger partial charge on any atom is 0.232 e. The third-order valence-electron chi connectivity index (χ3n) is 3.68. The normalized spacial score (nSPS) is 12.2. The molecule has 0 atom stereocenters. The minimum atomic E-state index is -3.75. The number of hydrogen-bond acceptors (Lipinski definition) is 5. The van der Waals surface area contributed by atoms with E-state index in [1.54, 1.807) is 30.5 Å². The molecule has 0 unspecified atom stereocenters. The number of benzene rings is 2. The molecule has 0 saturated heterocycles. The fraction of sp³-hybridized carbons (Fsp3) is 0.118. The van der Waals surface area contributed by atoms with Crippen LogP contribution in [-0.2, 0) is 25.4 Å². The van der Waals surface area contributed by atoms with E-state index >= 15 is 0 Å². The van der Waals surface area contributed by atoms with Gasteiger partial charge in [0.15, 0.2) is 9.84 Å². The lowest BCUT2D eigenvalue weighted by molar-refractivity contribution is 0.583. The monoisotopic (exact) mass is 410 g/mol. The van der Waals surface area contributed by atoms with Gasteiger partial charge in [-0.05, 0) is 35.9 Å². The van der Waals surface area contributed by atoms with Gasteiger partial charge < -0.3 is 0 Å². The third kappa shape index (κ3) is 3.98. The van der Waals surface area contributed by atoms with Crippen LogP contribution in [0, 0.1) is 0 Å². The molecule has 0 fully saturated rings. The molecule has 3 aromatic rings. The van der Waals surface area contributed by atoms with Gasteiger partial charge in [0.25, 0.3) is 0 Å². The van der Waals surface area contributed by atoms with Gasteiger partial charge in [-0.3, -0.25) is 4.57 Å². The van der Waals surface area contributed by atoms with Crippen LogP contribution in [0.15, 0.2) is 71.0 Å². The number of aromatic nitrogens is 2. The zero-order valence-electron chi connectivity index (χ0n) is 13.7. The first-order valence-electron chi connectivity index (χ1n) is 7.48. The molecule has 0 aliphatic rings. The summed E-state index contributed by atoms with van der Waals surface area (Å²) in [5.41, 5.74) is 1.05. The van der Waals surface area contributed by atoms with Crippen molar-refractivity contribution in [3.05, 3.63) is 71.5 Å². The molecule has 1 heterocycles. The zero-order chi connectivity index (χ0) is 18.9. The Hall–Kier alpha value is -2.16. The van der Waals surface area contributed by atoms with Crippen molar-refractivity contribution in [1.29, 1.82) is 0 Å². The highest BCUT2D eigenvalue weighted by Gasteiger charge is 2.22.